The zero-order valence-electron chi connectivity index (χ0n) is 14.8. The minimum absolute atomic E-state index is 0.0599. The Hall–Kier alpha value is -3.11. The molecule has 0 aromatic heterocycles. The van der Waals surface area contributed by atoms with Gasteiger partial charge >= 0.3 is 0 Å². The largest absolute Gasteiger partial charge is 0.271 e. The van der Waals surface area contributed by atoms with Crippen LogP contribution in [0.1, 0.15) is 28.8 Å². The summed E-state index contributed by atoms with van der Waals surface area (Å²) in [5, 5.41) is 14.5. The third-order valence-electron chi connectivity index (χ3n) is 4.26. The van der Waals surface area contributed by atoms with Crippen LogP contribution in [0.2, 0.25) is 0 Å². The Morgan fingerprint density at radius 2 is 1.86 bits per heavy atom. The van der Waals surface area contributed by atoms with E-state index >= 15 is 0 Å². The van der Waals surface area contributed by atoms with Gasteiger partial charge in [-0.1, -0.05) is 18.2 Å². The number of carbonyl (C=O) groups excluding carboxylic acids is 1. The number of nitro benzene ring substituents is 1. The molecule has 0 atom stereocenters. The Morgan fingerprint density at radius 1 is 1.14 bits per heavy atom. The van der Waals surface area contributed by atoms with Crippen molar-refractivity contribution in [3.63, 3.8) is 0 Å². The lowest BCUT2D eigenvalue weighted by atomic mass is 10.2. The Labute approximate surface area is 161 Å². The van der Waals surface area contributed by atoms with Crippen LogP contribution < -0.4 is 5.43 Å². The van der Waals surface area contributed by atoms with Crippen molar-refractivity contribution in [2.45, 2.75) is 17.7 Å². The molecular formula is C18H18N4O5S. The Balaban J connectivity index is 1.71. The van der Waals surface area contributed by atoms with E-state index < -0.39 is 20.9 Å². The first-order valence-electron chi connectivity index (χ1n) is 8.56. The fourth-order valence-corrected chi connectivity index (χ4v) is 4.39. The lowest BCUT2D eigenvalue weighted by Gasteiger charge is -2.15. The van der Waals surface area contributed by atoms with Gasteiger partial charge in [0, 0.05) is 36.3 Å². The van der Waals surface area contributed by atoms with Gasteiger partial charge in [-0.05, 0) is 31.0 Å². The first-order valence-corrected chi connectivity index (χ1v) is 10.00. The van der Waals surface area contributed by atoms with Crippen molar-refractivity contribution in [1.29, 1.82) is 0 Å². The van der Waals surface area contributed by atoms with Gasteiger partial charge in [0.15, 0.2) is 0 Å². The fourth-order valence-electron chi connectivity index (χ4n) is 2.82. The van der Waals surface area contributed by atoms with E-state index in [0.717, 1.165) is 12.8 Å². The number of nitrogens with zero attached hydrogens (tertiary/aromatic N) is 3. The maximum atomic E-state index is 12.6. The van der Waals surface area contributed by atoms with E-state index in [2.05, 4.69) is 10.5 Å². The highest BCUT2D eigenvalue weighted by atomic mass is 32.2. The minimum Gasteiger partial charge on any atom is -0.267 e. The summed E-state index contributed by atoms with van der Waals surface area (Å²) in [6, 6.07) is 11.5. The smallest absolute Gasteiger partial charge is 0.267 e. The summed E-state index contributed by atoms with van der Waals surface area (Å²) < 4.78 is 26.6. The second-order valence-electron chi connectivity index (χ2n) is 6.19. The van der Waals surface area contributed by atoms with Gasteiger partial charge < -0.3 is 0 Å². The molecule has 0 spiro atoms. The number of nitrogens with one attached hydrogen (secondary N) is 1. The van der Waals surface area contributed by atoms with E-state index in [4.69, 9.17) is 0 Å². The molecule has 1 amide bonds. The molecule has 2 aromatic rings. The maximum Gasteiger partial charge on any atom is 0.271 e. The normalized spacial score (nSPS) is 15.0. The first-order chi connectivity index (χ1) is 13.4. The highest BCUT2D eigenvalue weighted by molar-refractivity contribution is 7.89. The minimum atomic E-state index is -3.62. The molecule has 2 aromatic carbocycles. The molecule has 1 fully saturated rings. The Morgan fingerprint density at radius 3 is 2.57 bits per heavy atom. The molecular weight excluding hydrogens is 384 g/mol. The van der Waals surface area contributed by atoms with Crippen LogP contribution in [-0.4, -0.2) is 42.9 Å². The molecule has 3 rings (SSSR count). The third-order valence-corrected chi connectivity index (χ3v) is 6.15. The highest BCUT2D eigenvalue weighted by Gasteiger charge is 2.27. The number of carbonyl (C=O) groups is 1. The van der Waals surface area contributed by atoms with Gasteiger partial charge in [-0.3, -0.25) is 14.9 Å². The molecule has 1 aliphatic rings. The molecule has 0 unspecified atom stereocenters. The molecule has 1 saturated heterocycles. The number of non-ortho nitro benzene ring substituents is 1. The summed E-state index contributed by atoms with van der Waals surface area (Å²) in [6.07, 6.45) is 2.92. The molecule has 28 heavy (non-hydrogen) atoms. The van der Waals surface area contributed by atoms with Crippen molar-refractivity contribution < 1.29 is 18.1 Å². The van der Waals surface area contributed by atoms with Crippen LogP contribution in [0, 0.1) is 10.1 Å². The average molecular weight is 402 g/mol. The Bertz CT molecular complexity index is 1030. The number of hydrogen-bond donors (Lipinski definition) is 1. The van der Waals surface area contributed by atoms with Gasteiger partial charge in [0.1, 0.15) is 0 Å². The second-order valence-corrected chi connectivity index (χ2v) is 8.13. The molecule has 0 saturated carbocycles. The van der Waals surface area contributed by atoms with Gasteiger partial charge in [0.05, 0.1) is 16.0 Å². The van der Waals surface area contributed by atoms with Crippen LogP contribution in [0.4, 0.5) is 5.69 Å². The van der Waals surface area contributed by atoms with E-state index in [0.29, 0.717) is 18.7 Å². The van der Waals surface area contributed by atoms with Gasteiger partial charge in [-0.15, -0.1) is 0 Å². The van der Waals surface area contributed by atoms with Crippen molar-refractivity contribution in [2.75, 3.05) is 13.1 Å². The summed E-state index contributed by atoms with van der Waals surface area (Å²) in [6.45, 7) is 0.957. The molecule has 9 nitrogen and oxygen atoms in total. The van der Waals surface area contributed by atoms with Crippen molar-refractivity contribution in [2.24, 2.45) is 5.10 Å². The van der Waals surface area contributed by atoms with E-state index in [1.54, 1.807) is 6.07 Å². The van der Waals surface area contributed by atoms with Crippen molar-refractivity contribution >= 4 is 27.8 Å². The van der Waals surface area contributed by atoms with Crippen LogP contribution in [0.15, 0.2) is 58.5 Å². The molecule has 1 heterocycles. The fraction of sp³-hybridized carbons (Fsp3) is 0.222. The third kappa shape index (κ3) is 4.41. The van der Waals surface area contributed by atoms with Crippen molar-refractivity contribution in [3.05, 3.63) is 69.8 Å². The van der Waals surface area contributed by atoms with Crippen LogP contribution in [-0.2, 0) is 10.0 Å². The second kappa shape index (κ2) is 8.28. The van der Waals surface area contributed by atoms with Crippen LogP contribution >= 0.6 is 0 Å². The molecule has 146 valence electrons. The van der Waals surface area contributed by atoms with Crippen LogP contribution in [0.3, 0.4) is 0 Å². The lowest BCUT2D eigenvalue weighted by molar-refractivity contribution is -0.384. The zero-order chi connectivity index (χ0) is 20.1. The van der Waals surface area contributed by atoms with Gasteiger partial charge in [0.2, 0.25) is 10.0 Å². The topological polar surface area (TPSA) is 122 Å². The standard InChI is InChI=1S/C18H18N4O5S/c23-18(20-19-13-14-5-3-7-16(11-14)22(24)25)15-6-4-8-17(12-15)28(26,27)21-9-1-2-10-21/h3-8,11-13H,1-2,9-10H2,(H,20,23)/b19-13-. The van der Waals surface area contributed by atoms with Gasteiger partial charge in [0.25, 0.3) is 11.6 Å². The van der Waals surface area contributed by atoms with Crippen molar-refractivity contribution in [3.8, 4) is 0 Å². The molecule has 1 N–H and O–H groups in total. The summed E-state index contributed by atoms with van der Waals surface area (Å²) in [7, 11) is -3.62. The number of benzene rings is 2. The van der Waals surface area contributed by atoms with Crippen LogP contribution in [0.5, 0.6) is 0 Å². The number of rotatable bonds is 6. The number of hydrazone groups is 1. The SMILES string of the molecule is O=C(N/N=C\c1cccc([N+](=O)[O-])c1)c1cccc(S(=O)(=O)N2CCCC2)c1. The van der Waals surface area contributed by atoms with E-state index in [1.165, 1.54) is 53.0 Å². The Kier molecular flexibility index (Phi) is 5.81. The van der Waals surface area contributed by atoms with Crippen molar-refractivity contribution in [1.82, 2.24) is 9.73 Å². The average Bonchev–Trinajstić information content (AvgIpc) is 3.24. The molecule has 0 bridgehead atoms. The van der Waals surface area contributed by atoms with Crippen LogP contribution in [0.25, 0.3) is 0 Å². The number of nitro groups is 1. The predicted octanol–water partition coefficient (Wildman–Crippen LogP) is 2.14. The molecule has 0 aliphatic carbocycles. The molecule has 1 aliphatic heterocycles. The quantitative estimate of drug-likeness (QED) is 0.451. The zero-order valence-corrected chi connectivity index (χ0v) is 15.6. The lowest BCUT2D eigenvalue weighted by Crippen LogP contribution is -2.28. The number of hydrogen-bond acceptors (Lipinski definition) is 6. The van der Waals surface area contributed by atoms with E-state index in [-0.39, 0.29) is 16.1 Å². The molecule has 0 radical (unpaired) electrons. The monoisotopic (exact) mass is 402 g/mol. The summed E-state index contributed by atoms with van der Waals surface area (Å²) in [5.74, 6) is -0.583. The van der Waals surface area contributed by atoms with Gasteiger partial charge in [-0.2, -0.15) is 9.41 Å². The summed E-state index contributed by atoms with van der Waals surface area (Å²) in [5.41, 5.74) is 2.80. The summed E-state index contributed by atoms with van der Waals surface area (Å²) in [4.78, 5) is 22.6. The number of sulfonamides is 1. The first kappa shape index (κ1) is 19.6. The highest BCUT2D eigenvalue weighted by Crippen LogP contribution is 2.21. The van der Waals surface area contributed by atoms with E-state index in [1.807, 2.05) is 0 Å². The predicted molar refractivity (Wildman–Crippen MR) is 103 cm³/mol. The van der Waals surface area contributed by atoms with Gasteiger partial charge in [-0.25, -0.2) is 13.8 Å². The maximum absolute atomic E-state index is 12.6. The van der Waals surface area contributed by atoms with E-state index in [9.17, 15) is 23.3 Å². The molecule has 10 heteroatoms. The number of amides is 1. The summed E-state index contributed by atoms with van der Waals surface area (Å²) >= 11 is 0.